The van der Waals surface area contributed by atoms with Crippen LogP contribution in [0.5, 0.6) is 11.5 Å². The number of amides is 1. The summed E-state index contributed by atoms with van der Waals surface area (Å²) in [6, 6.07) is 21.7. The quantitative estimate of drug-likeness (QED) is 0.370. The van der Waals surface area contributed by atoms with Gasteiger partial charge in [-0.2, -0.15) is 5.10 Å². The minimum absolute atomic E-state index is 0.357. The molecule has 0 aromatic heterocycles. The molecule has 0 radical (unpaired) electrons. The SMILES string of the molecule is C[C@H](Oc1ccc(Cl)cc1)C(=O)N/N=C\c1ccc(OCc2ccc(Cl)cc2)cc1. The zero-order chi connectivity index (χ0) is 21.3. The number of nitrogens with zero attached hydrogens (tertiary/aromatic N) is 1. The van der Waals surface area contributed by atoms with Gasteiger partial charge < -0.3 is 9.47 Å². The fraction of sp³-hybridized carbons (Fsp3) is 0.130. The van der Waals surface area contributed by atoms with E-state index in [4.69, 9.17) is 32.7 Å². The van der Waals surface area contributed by atoms with Crippen molar-refractivity contribution in [3.8, 4) is 11.5 Å². The summed E-state index contributed by atoms with van der Waals surface area (Å²) in [5.74, 6) is 0.931. The van der Waals surface area contributed by atoms with Gasteiger partial charge in [0.1, 0.15) is 18.1 Å². The molecule has 3 aromatic rings. The van der Waals surface area contributed by atoms with Crippen LogP contribution in [0.1, 0.15) is 18.1 Å². The molecule has 1 N–H and O–H groups in total. The second-order valence-electron chi connectivity index (χ2n) is 6.43. The summed E-state index contributed by atoms with van der Waals surface area (Å²) in [5.41, 5.74) is 4.32. The molecule has 0 saturated carbocycles. The summed E-state index contributed by atoms with van der Waals surface area (Å²) in [5, 5.41) is 5.27. The summed E-state index contributed by atoms with van der Waals surface area (Å²) in [4.78, 5) is 12.1. The lowest BCUT2D eigenvalue weighted by Crippen LogP contribution is -2.33. The molecule has 3 aromatic carbocycles. The predicted octanol–water partition coefficient (Wildman–Crippen LogP) is 5.49. The predicted molar refractivity (Wildman–Crippen MR) is 120 cm³/mol. The summed E-state index contributed by atoms with van der Waals surface area (Å²) >= 11 is 11.7. The standard InChI is InChI=1S/C23H20Cl2N2O3/c1-16(30-22-12-8-20(25)9-13-22)23(28)27-26-14-17-4-10-21(11-5-17)29-15-18-2-6-19(24)7-3-18/h2-14,16H,15H2,1H3,(H,27,28)/b26-14-/t16-/m0/s1. The van der Waals surface area contributed by atoms with Crippen LogP contribution >= 0.6 is 23.2 Å². The lowest BCUT2D eigenvalue weighted by Gasteiger charge is -2.12. The molecular formula is C23H20Cl2N2O3. The highest BCUT2D eigenvalue weighted by Crippen LogP contribution is 2.17. The molecule has 0 saturated heterocycles. The van der Waals surface area contributed by atoms with Gasteiger partial charge in [0, 0.05) is 10.0 Å². The topological polar surface area (TPSA) is 59.9 Å². The molecule has 0 aliphatic heterocycles. The molecule has 1 amide bonds. The molecule has 154 valence electrons. The fourth-order valence-corrected chi connectivity index (χ4v) is 2.68. The van der Waals surface area contributed by atoms with Crippen molar-refractivity contribution in [1.29, 1.82) is 0 Å². The number of halogens is 2. The molecule has 0 fully saturated rings. The van der Waals surface area contributed by atoms with E-state index < -0.39 is 6.10 Å². The first kappa shape index (κ1) is 21.7. The van der Waals surface area contributed by atoms with Gasteiger partial charge in [-0.05, 0) is 78.7 Å². The average molecular weight is 443 g/mol. The number of hydrogen-bond acceptors (Lipinski definition) is 4. The summed E-state index contributed by atoms with van der Waals surface area (Å²) in [6.07, 6.45) is 0.850. The Labute approximate surface area is 185 Å². The molecule has 30 heavy (non-hydrogen) atoms. The third kappa shape index (κ3) is 6.79. The molecule has 7 heteroatoms. The smallest absolute Gasteiger partial charge is 0.280 e. The van der Waals surface area contributed by atoms with Crippen molar-refractivity contribution in [2.75, 3.05) is 0 Å². The highest BCUT2D eigenvalue weighted by atomic mass is 35.5. The Morgan fingerprint density at radius 2 is 1.50 bits per heavy atom. The van der Waals surface area contributed by atoms with Crippen molar-refractivity contribution in [3.05, 3.63) is 94.0 Å². The highest BCUT2D eigenvalue weighted by Gasteiger charge is 2.13. The van der Waals surface area contributed by atoms with Crippen molar-refractivity contribution < 1.29 is 14.3 Å². The Bertz CT molecular complexity index is 988. The van der Waals surface area contributed by atoms with Gasteiger partial charge in [-0.3, -0.25) is 4.79 Å². The van der Waals surface area contributed by atoms with Gasteiger partial charge in [0.05, 0.1) is 6.21 Å². The van der Waals surface area contributed by atoms with E-state index in [0.717, 1.165) is 16.9 Å². The Morgan fingerprint density at radius 3 is 2.13 bits per heavy atom. The van der Waals surface area contributed by atoms with Crippen molar-refractivity contribution in [1.82, 2.24) is 5.43 Å². The number of carbonyl (C=O) groups is 1. The van der Waals surface area contributed by atoms with Gasteiger partial charge in [0.2, 0.25) is 0 Å². The third-order valence-corrected chi connectivity index (χ3v) is 4.59. The third-order valence-electron chi connectivity index (χ3n) is 4.08. The minimum Gasteiger partial charge on any atom is -0.489 e. The number of carbonyl (C=O) groups excluding carboxylic acids is 1. The van der Waals surface area contributed by atoms with Gasteiger partial charge >= 0.3 is 0 Å². The van der Waals surface area contributed by atoms with E-state index in [0.29, 0.717) is 22.4 Å². The summed E-state index contributed by atoms with van der Waals surface area (Å²) in [7, 11) is 0. The molecule has 0 spiro atoms. The fourth-order valence-electron chi connectivity index (χ4n) is 2.43. The van der Waals surface area contributed by atoms with Crippen molar-refractivity contribution in [2.24, 2.45) is 5.10 Å². The number of hydrazone groups is 1. The van der Waals surface area contributed by atoms with E-state index in [2.05, 4.69) is 10.5 Å². The van der Waals surface area contributed by atoms with Crippen LogP contribution in [-0.2, 0) is 11.4 Å². The van der Waals surface area contributed by atoms with Crippen LogP contribution in [0.3, 0.4) is 0 Å². The first-order valence-corrected chi connectivity index (χ1v) is 9.97. The van der Waals surface area contributed by atoms with E-state index >= 15 is 0 Å². The van der Waals surface area contributed by atoms with Crippen molar-refractivity contribution >= 4 is 35.3 Å². The Balaban J connectivity index is 1.45. The normalized spacial score (nSPS) is 11.8. The molecular weight excluding hydrogens is 423 g/mol. The molecule has 0 bridgehead atoms. The monoisotopic (exact) mass is 442 g/mol. The summed E-state index contributed by atoms with van der Waals surface area (Å²) in [6.45, 7) is 2.10. The molecule has 0 unspecified atom stereocenters. The molecule has 3 rings (SSSR count). The zero-order valence-corrected chi connectivity index (χ0v) is 17.7. The summed E-state index contributed by atoms with van der Waals surface area (Å²) < 4.78 is 11.3. The number of nitrogens with one attached hydrogen (secondary N) is 1. The van der Waals surface area contributed by atoms with Crippen molar-refractivity contribution in [2.45, 2.75) is 19.6 Å². The Morgan fingerprint density at radius 1 is 0.933 bits per heavy atom. The second kappa shape index (κ2) is 10.7. The molecule has 0 aliphatic carbocycles. The van der Waals surface area contributed by atoms with Gasteiger partial charge in [-0.25, -0.2) is 5.43 Å². The first-order valence-electron chi connectivity index (χ1n) is 9.22. The van der Waals surface area contributed by atoms with E-state index in [1.54, 1.807) is 37.4 Å². The lowest BCUT2D eigenvalue weighted by molar-refractivity contribution is -0.127. The maximum atomic E-state index is 12.1. The number of hydrogen-bond donors (Lipinski definition) is 1. The molecule has 0 heterocycles. The molecule has 1 atom stereocenters. The van der Waals surface area contributed by atoms with Gasteiger partial charge in [0.15, 0.2) is 6.10 Å². The van der Waals surface area contributed by atoms with Crippen molar-refractivity contribution in [3.63, 3.8) is 0 Å². The maximum absolute atomic E-state index is 12.1. The highest BCUT2D eigenvalue weighted by molar-refractivity contribution is 6.30. The van der Waals surface area contributed by atoms with Crippen LogP contribution < -0.4 is 14.9 Å². The van der Waals surface area contributed by atoms with Crippen LogP contribution in [0.4, 0.5) is 0 Å². The number of ether oxygens (including phenoxy) is 2. The lowest BCUT2D eigenvalue weighted by atomic mass is 10.2. The van der Waals surface area contributed by atoms with Crippen LogP contribution in [0, 0.1) is 0 Å². The first-order chi connectivity index (χ1) is 14.5. The van der Waals surface area contributed by atoms with E-state index in [9.17, 15) is 4.79 Å². The van der Waals surface area contributed by atoms with Gasteiger partial charge in [-0.15, -0.1) is 0 Å². The molecule has 5 nitrogen and oxygen atoms in total. The average Bonchev–Trinajstić information content (AvgIpc) is 2.76. The van der Waals surface area contributed by atoms with Gasteiger partial charge in [0.25, 0.3) is 5.91 Å². The number of rotatable bonds is 8. The Kier molecular flexibility index (Phi) is 7.71. The van der Waals surface area contributed by atoms with Crippen LogP contribution in [0.15, 0.2) is 77.9 Å². The Hall–Kier alpha value is -3.02. The van der Waals surface area contributed by atoms with Crippen LogP contribution in [-0.4, -0.2) is 18.2 Å². The number of benzene rings is 3. The second-order valence-corrected chi connectivity index (χ2v) is 7.31. The van der Waals surface area contributed by atoms with Crippen LogP contribution in [0.25, 0.3) is 0 Å². The maximum Gasteiger partial charge on any atom is 0.280 e. The van der Waals surface area contributed by atoms with E-state index in [1.807, 2.05) is 48.5 Å². The van der Waals surface area contributed by atoms with Gasteiger partial charge in [-0.1, -0.05) is 35.3 Å². The minimum atomic E-state index is -0.702. The molecule has 0 aliphatic rings. The largest absolute Gasteiger partial charge is 0.489 e. The van der Waals surface area contributed by atoms with Crippen LogP contribution in [0.2, 0.25) is 10.0 Å². The van der Waals surface area contributed by atoms with E-state index in [-0.39, 0.29) is 5.91 Å². The van der Waals surface area contributed by atoms with E-state index in [1.165, 1.54) is 0 Å². The zero-order valence-electron chi connectivity index (χ0n) is 16.2.